The van der Waals surface area contributed by atoms with E-state index in [1.165, 1.54) is 16.7 Å². The fourth-order valence-corrected chi connectivity index (χ4v) is 1.86. The van der Waals surface area contributed by atoms with Crippen molar-refractivity contribution in [1.29, 1.82) is 0 Å². The maximum atomic E-state index is 5.98. The van der Waals surface area contributed by atoms with Crippen molar-refractivity contribution in [1.82, 2.24) is 0 Å². The number of hydrogen-bond acceptors (Lipinski definition) is 0. The molecule has 0 aliphatic carbocycles. The Kier molecular flexibility index (Phi) is 6.41. The topological polar surface area (TPSA) is 0 Å². The molecule has 2 aromatic rings. The van der Waals surface area contributed by atoms with Gasteiger partial charge in [-0.05, 0) is 18.1 Å². The van der Waals surface area contributed by atoms with Crippen molar-refractivity contribution < 1.29 is 32.7 Å². The van der Waals surface area contributed by atoms with Crippen LogP contribution in [0, 0.1) is 19.6 Å². The molecule has 0 saturated carbocycles. The summed E-state index contributed by atoms with van der Waals surface area (Å²) in [5.74, 6) is 0. The van der Waals surface area contributed by atoms with Gasteiger partial charge in [0, 0.05) is 32.7 Å². The molecule has 0 fully saturated rings. The van der Waals surface area contributed by atoms with Crippen LogP contribution in [0.2, 0.25) is 0 Å². The van der Waals surface area contributed by atoms with E-state index < -0.39 is 0 Å². The van der Waals surface area contributed by atoms with Gasteiger partial charge in [-0.2, -0.15) is 0 Å². The van der Waals surface area contributed by atoms with Crippen LogP contribution in [0.5, 0.6) is 0 Å². The molecule has 0 amide bonds. The van der Waals surface area contributed by atoms with Crippen molar-refractivity contribution in [3.05, 3.63) is 78.4 Å². The predicted octanol–water partition coefficient (Wildman–Crippen LogP) is 4.86. The first kappa shape index (κ1) is 16.1. The average molecular weight is 321 g/mol. The first-order valence-electron chi connectivity index (χ1n) is 6.01. The third kappa shape index (κ3) is 4.26. The van der Waals surface area contributed by atoms with Crippen LogP contribution in [0.15, 0.2) is 54.6 Å². The molecule has 0 aliphatic heterocycles. The number of hydrogen-bond donors (Lipinski definition) is 0. The van der Waals surface area contributed by atoms with Crippen molar-refractivity contribution >= 4 is 5.57 Å². The molecule has 1 radical (unpaired) electrons. The predicted molar refractivity (Wildman–Crippen MR) is 77.8 cm³/mol. The van der Waals surface area contributed by atoms with Crippen LogP contribution in [-0.2, 0) is 32.7 Å². The molecule has 0 aromatic heterocycles. The van der Waals surface area contributed by atoms with E-state index in [1.54, 1.807) is 6.08 Å². The fraction of sp³-hybridized carbons (Fsp3) is 0.111. The largest absolute Gasteiger partial charge is 0.347 e. The maximum Gasteiger partial charge on any atom is 0 e. The number of aryl methyl sites for hydroxylation is 1. The standard InChI is InChI=1S/C18H16.Y/c1-4-6-15(3)17-7-5-8-18(13-17)16-11-9-14(2)10-12-16;/h3,5-13H,1-2H3;/q-2;. The van der Waals surface area contributed by atoms with Crippen molar-refractivity contribution in [3.8, 4) is 11.1 Å². The van der Waals surface area contributed by atoms with E-state index in [4.69, 9.17) is 6.58 Å². The Morgan fingerprint density at radius 2 is 1.74 bits per heavy atom. The zero-order valence-corrected chi connectivity index (χ0v) is 14.2. The Hall–Kier alpha value is -0.976. The van der Waals surface area contributed by atoms with Crippen molar-refractivity contribution in [3.63, 3.8) is 0 Å². The quantitative estimate of drug-likeness (QED) is 0.560. The van der Waals surface area contributed by atoms with Gasteiger partial charge in [-0.1, -0.05) is 42.0 Å². The molecule has 2 aromatic carbocycles. The molecule has 0 heterocycles. The van der Waals surface area contributed by atoms with Gasteiger partial charge in [0.1, 0.15) is 0 Å². The fourth-order valence-electron chi connectivity index (χ4n) is 1.86. The number of rotatable bonds is 3. The van der Waals surface area contributed by atoms with Gasteiger partial charge in [0.25, 0.3) is 0 Å². The van der Waals surface area contributed by atoms with Gasteiger partial charge in [0.2, 0.25) is 0 Å². The van der Waals surface area contributed by atoms with Crippen LogP contribution in [0.4, 0.5) is 0 Å². The Balaban J connectivity index is 0.00000180. The molecule has 0 nitrogen and oxygen atoms in total. The second-order valence-electron chi connectivity index (χ2n) is 4.34. The van der Waals surface area contributed by atoms with Gasteiger partial charge in [0.15, 0.2) is 0 Å². The van der Waals surface area contributed by atoms with E-state index in [0.29, 0.717) is 0 Å². The third-order valence-corrected chi connectivity index (χ3v) is 2.88. The molecule has 0 spiro atoms. The molecular weight excluding hydrogens is 305 g/mol. The number of allylic oxidation sites excluding steroid dienone is 3. The zero-order chi connectivity index (χ0) is 13.0. The maximum absolute atomic E-state index is 5.98. The minimum Gasteiger partial charge on any atom is -0.347 e. The van der Waals surface area contributed by atoms with E-state index in [0.717, 1.165) is 11.1 Å². The summed E-state index contributed by atoms with van der Waals surface area (Å²) in [6.45, 7) is 9.91. The minimum absolute atomic E-state index is 0. The van der Waals surface area contributed by atoms with E-state index in [9.17, 15) is 0 Å². The third-order valence-electron chi connectivity index (χ3n) is 2.88. The van der Waals surface area contributed by atoms with Crippen LogP contribution in [0.25, 0.3) is 16.7 Å². The first-order valence-corrected chi connectivity index (χ1v) is 6.01. The summed E-state index contributed by atoms with van der Waals surface area (Å²) in [7, 11) is 0. The first-order chi connectivity index (χ1) is 8.70. The van der Waals surface area contributed by atoms with Gasteiger partial charge >= 0.3 is 0 Å². The van der Waals surface area contributed by atoms with E-state index >= 15 is 0 Å². The second-order valence-corrected chi connectivity index (χ2v) is 4.34. The molecule has 19 heavy (non-hydrogen) atoms. The van der Waals surface area contributed by atoms with Gasteiger partial charge in [-0.3, -0.25) is 0 Å². The molecule has 0 aliphatic rings. The molecule has 0 bridgehead atoms. The summed E-state index contributed by atoms with van der Waals surface area (Å²) < 4.78 is 0. The summed E-state index contributed by atoms with van der Waals surface area (Å²) in [6.07, 6.45) is 4.75. The van der Waals surface area contributed by atoms with Gasteiger partial charge in [-0.15, -0.1) is 19.1 Å². The van der Waals surface area contributed by atoms with Gasteiger partial charge in [-0.25, -0.2) is 5.56 Å². The zero-order valence-electron chi connectivity index (χ0n) is 11.4. The van der Waals surface area contributed by atoms with Crippen LogP contribution in [0.3, 0.4) is 0 Å². The molecule has 0 saturated heterocycles. The van der Waals surface area contributed by atoms with E-state index in [2.05, 4.69) is 49.4 Å². The van der Waals surface area contributed by atoms with Gasteiger partial charge in [0.05, 0.1) is 0 Å². The number of benzene rings is 2. The van der Waals surface area contributed by atoms with Crippen molar-refractivity contribution in [2.45, 2.75) is 13.8 Å². The monoisotopic (exact) mass is 321 g/mol. The molecule has 2 rings (SSSR count). The summed E-state index contributed by atoms with van der Waals surface area (Å²) in [6, 6.07) is 16.7. The molecule has 1 heteroatoms. The summed E-state index contributed by atoms with van der Waals surface area (Å²) in [5.41, 5.74) is 5.43. The summed E-state index contributed by atoms with van der Waals surface area (Å²) >= 11 is 0. The second kappa shape index (κ2) is 7.57. The van der Waals surface area contributed by atoms with E-state index in [1.807, 2.05) is 19.1 Å². The normalized spacial score (nSPS) is 10.2. The van der Waals surface area contributed by atoms with Crippen molar-refractivity contribution in [2.24, 2.45) is 0 Å². The Morgan fingerprint density at radius 3 is 2.37 bits per heavy atom. The Labute approximate surface area is 141 Å². The molecule has 0 unspecified atom stereocenters. The summed E-state index contributed by atoms with van der Waals surface area (Å²) in [5, 5.41) is 0. The van der Waals surface area contributed by atoms with E-state index in [-0.39, 0.29) is 32.7 Å². The van der Waals surface area contributed by atoms with Crippen LogP contribution in [0.1, 0.15) is 18.1 Å². The minimum atomic E-state index is 0. The van der Waals surface area contributed by atoms with Crippen LogP contribution in [-0.4, -0.2) is 0 Å². The SMILES string of the molecule is [CH-]=C(C=[C-]C)c1cccc(-c2ccc(C)cc2)c1.[Y]. The molecule has 93 valence electrons. The Morgan fingerprint density at radius 1 is 1.05 bits per heavy atom. The van der Waals surface area contributed by atoms with Crippen LogP contribution < -0.4 is 0 Å². The molecule has 0 atom stereocenters. The van der Waals surface area contributed by atoms with Gasteiger partial charge < -0.3 is 24.3 Å². The average Bonchev–Trinajstić information content (AvgIpc) is 2.40. The van der Waals surface area contributed by atoms with Crippen molar-refractivity contribution in [2.75, 3.05) is 0 Å². The molecule has 0 N–H and O–H groups in total. The van der Waals surface area contributed by atoms with Crippen LogP contribution >= 0.6 is 0 Å². The summed E-state index contributed by atoms with van der Waals surface area (Å²) in [4.78, 5) is 0. The molecular formula is C18H16Y-2. The Bertz CT molecular complexity index is 577. The smallest absolute Gasteiger partial charge is 0 e.